The van der Waals surface area contributed by atoms with Crippen LogP contribution in [0.4, 0.5) is 5.69 Å². The van der Waals surface area contributed by atoms with Crippen molar-refractivity contribution in [2.24, 2.45) is 0 Å². The summed E-state index contributed by atoms with van der Waals surface area (Å²) in [5.74, 6) is -0.122. The summed E-state index contributed by atoms with van der Waals surface area (Å²) in [6.45, 7) is 1.99. The van der Waals surface area contributed by atoms with E-state index in [1.807, 2.05) is 36.6 Å². The zero-order chi connectivity index (χ0) is 14.8. The lowest BCUT2D eigenvalue weighted by molar-refractivity contribution is 0.0945. The first-order valence-electron chi connectivity index (χ1n) is 6.78. The molecular weight excluding hydrogens is 280 g/mol. The quantitative estimate of drug-likeness (QED) is 0.768. The van der Waals surface area contributed by atoms with Gasteiger partial charge in [-0.05, 0) is 34.7 Å². The van der Waals surface area contributed by atoms with Crippen LogP contribution in [0.15, 0.2) is 53.9 Å². The van der Waals surface area contributed by atoms with Crippen LogP contribution >= 0.6 is 11.3 Å². The molecule has 106 valence electrons. The molecule has 3 N–H and O–H groups in total. The molecule has 0 aliphatic carbocycles. The molecule has 1 unspecified atom stereocenters. The molecule has 0 aliphatic rings. The third kappa shape index (κ3) is 2.62. The van der Waals surface area contributed by atoms with Gasteiger partial charge in [0, 0.05) is 0 Å². The Morgan fingerprint density at radius 1 is 1.14 bits per heavy atom. The maximum Gasteiger partial charge on any atom is 0.263 e. The van der Waals surface area contributed by atoms with Crippen LogP contribution < -0.4 is 11.1 Å². The molecule has 3 nitrogen and oxygen atoms in total. The summed E-state index contributed by atoms with van der Waals surface area (Å²) in [4.78, 5) is 12.8. The van der Waals surface area contributed by atoms with Gasteiger partial charge in [0.2, 0.25) is 0 Å². The first kappa shape index (κ1) is 13.6. The first-order chi connectivity index (χ1) is 10.2. The molecule has 0 radical (unpaired) electrons. The number of hydrogen-bond acceptors (Lipinski definition) is 3. The molecule has 21 heavy (non-hydrogen) atoms. The van der Waals surface area contributed by atoms with Crippen molar-refractivity contribution in [1.82, 2.24) is 5.32 Å². The van der Waals surface area contributed by atoms with Gasteiger partial charge in [-0.2, -0.15) is 0 Å². The lowest BCUT2D eigenvalue weighted by Gasteiger charge is -2.16. The lowest BCUT2D eigenvalue weighted by atomic mass is 9.99. The van der Waals surface area contributed by atoms with Gasteiger partial charge in [0.15, 0.2) is 0 Å². The fraction of sp³-hybridized carbons (Fsp3) is 0.118. The number of nitrogens with one attached hydrogen (secondary N) is 1. The number of nitrogen functional groups attached to an aromatic ring is 1. The number of nitrogens with two attached hydrogens (primary N) is 1. The second-order valence-electron chi connectivity index (χ2n) is 4.97. The van der Waals surface area contributed by atoms with Gasteiger partial charge in [-0.15, -0.1) is 11.3 Å². The van der Waals surface area contributed by atoms with Crippen LogP contribution in [0, 0.1) is 0 Å². The Labute approximate surface area is 127 Å². The number of amides is 1. The average Bonchev–Trinajstić information content (AvgIpc) is 2.92. The van der Waals surface area contributed by atoms with Crippen LogP contribution in [0.1, 0.15) is 28.2 Å². The lowest BCUT2D eigenvalue weighted by Crippen LogP contribution is -2.26. The Kier molecular flexibility index (Phi) is 3.62. The van der Waals surface area contributed by atoms with Gasteiger partial charge >= 0.3 is 0 Å². The normalized spacial score (nSPS) is 12.2. The Morgan fingerprint density at radius 3 is 2.67 bits per heavy atom. The monoisotopic (exact) mass is 296 g/mol. The molecule has 3 rings (SSSR count). The highest BCUT2D eigenvalue weighted by Gasteiger charge is 2.16. The molecular formula is C17H16N2OS. The average molecular weight is 296 g/mol. The number of carbonyl (C=O) groups excluding carboxylic acids is 1. The molecule has 0 saturated carbocycles. The Balaban J connectivity index is 1.89. The van der Waals surface area contributed by atoms with E-state index in [1.54, 1.807) is 6.07 Å². The van der Waals surface area contributed by atoms with E-state index < -0.39 is 0 Å². The summed E-state index contributed by atoms with van der Waals surface area (Å²) >= 11 is 1.36. The van der Waals surface area contributed by atoms with Crippen molar-refractivity contribution in [2.45, 2.75) is 13.0 Å². The first-order valence-corrected chi connectivity index (χ1v) is 7.66. The summed E-state index contributed by atoms with van der Waals surface area (Å²) in [7, 11) is 0. The van der Waals surface area contributed by atoms with Gasteiger partial charge < -0.3 is 11.1 Å². The predicted molar refractivity (Wildman–Crippen MR) is 88.6 cm³/mol. The number of hydrogen-bond donors (Lipinski definition) is 2. The molecule has 1 atom stereocenters. The molecule has 0 fully saturated rings. The third-order valence-electron chi connectivity index (χ3n) is 3.54. The number of rotatable bonds is 3. The fourth-order valence-corrected chi connectivity index (χ4v) is 3.19. The van der Waals surface area contributed by atoms with Crippen LogP contribution in [0.25, 0.3) is 10.8 Å². The highest BCUT2D eigenvalue weighted by molar-refractivity contribution is 7.12. The minimum Gasteiger partial charge on any atom is -0.397 e. The van der Waals surface area contributed by atoms with Crippen LogP contribution in [0.2, 0.25) is 0 Å². The van der Waals surface area contributed by atoms with E-state index in [4.69, 9.17) is 5.73 Å². The van der Waals surface area contributed by atoms with Crippen molar-refractivity contribution in [3.63, 3.8) is 0 Å². The highest BCUT2D eigenvalue weighted by Crippen LogP contribution is 2.25. The summed E-state index contributed by atoms with van der Waals surface area (Å²) in [5, 5.41) is 7.18. The van der Waals surface area contributed by atoms with E-state index in [0.717, 1.165) is 10.9 Å². The minimum atomic E-state index is -0.122. The van der Waals surface area contributed by atoms with Gasteiger partial charge in [-0.1, -0.05) is 42.5 Å². The molecule has 2 aromatic carbocycles. The van der Waals surface area contributed by atoms with E-state index >= 15 is 0 Å². The summed E-state index contributed by atoms with van der Waals surface area (Å²) < 4.78 is 0. The maximum atomic E-state index is 12.3. The number of anilines is 1. The van der Waals surface area contributed by atoms with Crippen molar-refractivity contribution in [3.05, 3.63) is 64.4 Å². The van der Waals surface area contributed by atoms with Crippen molar-refractivity contribution >= 4 is 33.7 Å². The largest absolute Gasteiger partial charge is 0.397 e. The molecule has 1 aromatic heterocycles. The molecule has 0 bridgehead atoms. The number of benzene rings is 2. The summed E-state index contributed by atoms with van der Waals surface area (Å²) in [6.07, 6.45) is 0. The Bertz CT molecular complexity index is 789. The molecule has 0 saturated heterocycles. The molecule has 0 aliphatic heterocycles. The van der Waals surface area contributed by atoms with Gasteiger partial charge in [-0.3, -0.25) is 4.79 Å². The maximum absolute atomic E-state index is 12.3. The van der Waals surface area contributed by atoms with E-state index in [1.165, 1.54) is 16.7 Å². The van der Waals surface area contributed by atoms with E-state index in [0.29, 0.717) is 10.6 Å². The zero-order valence-electron chi connectivity index (χ0n) is 11.7. The van der Waals surface area contributed by atoms with Crippen LogP contribution in [-0.2, 0) is 0 Å². The van der Waals surface area contributed by atoms with Crippen molar-refractivity contribution in [2.75, 3.05) is 5.73 Å². The summed E-state index contributed by atoms with van der Waals surface area (Å²) in [6, 6.07) is 16.0. The van der Waals surface area contributed by atoms with E-state index in [9.17, 15) is 4.79 Å². The SMILES string of the molecule is CC(NC(=O)c1sccc1N)c1cccc2ccccc12. The topological polar surface area (TPSA) is 55.1 Å². The standard InChI is InChI=1S/C17H16N2OS/c1-11(19-17(20)16-15(18)9-10-21-16)13-8-4-6-12-5-2-3-7-14(12)13/h2-11H,18H2,1H3,(H,19,20). The van der Waals surface area contributed by atoms with Crippen LogP contribution in [-0.4, -0.2) is 5.91 Å². The molecule has 1 amide bonds. The zero-order valence-corrected chi connectivity index (χ0v) is 12.5. The number of thiophene rings is 1. The van der Waals surface area contributed by atoms with Gasteiger partial charge in [0.25, 0.3) is 5.91 Å². The van der Waals surface area contributed by atoms with Gasteiger partial charge in [0.1, 0.15) is 4.88 Å². The molecule has 4 heteroatoms. The van der Waals surface area contributed by atoms with Gasteiger partial charge in [0.05, 0.1) is 11.7 Å². The predicted octanol–water partition coefficient (Wildman–Crippen LogP) is 3.97. The van der Waals surface area contributed by atoms with E-state index in [2.05, 4.69) is 23.5 Å². The highest BCUT2D eigenvalue weighted by atomic mass is 32.1. The second kappa shape index (κ2) is 5.58. The van der Waals surface area contributed by atoms with Crippen molar-refractivity contribution in [3.8, 4) is 0 Å². The van der Waals surface area contributed by atoms with E-state index in [-0.39, 0.29) is 11.9 Å². The number of carbonyl (C=O) groups is 1. The van der Waals surface area contributed by atoms with Crippen molar-refractivity contribution < 1.29 is 4.79 Å². The van der Waals surface area contributed by atoms with Gasteiger partial charge in [-0.25, -0.2) is 0 Å². The summed E-state index contributed by atoms with van der Waals surface area (Å²) in [5.41, 5.74) is 7.43. The fourth-order valence-electron chi connectivity index (χ4n) is 2.47. The molecule has 0 spiro atoms. The Hall–Kier alpha value is -2.33. The minimum absolute atomic E-state index is 0.0786. The third-order valence-corrected chi connectivity index (χ3v) is 4.47. The molecule has 1 heterocycles. The van der Waals surface area contributed by atoms with Crippen LogP contribution in [0.5, 0.6) is 0 Å². The van der Waals surface area contributed by atoms with Crippen molar-refractivity contribution in [1.29, 1.82) is 0 Å². The Morgan fingerprint density at radius 2 is 1.90 bits per heavy atom. The molecule has 3 aromatic rings. The number of fused-ring (bicyclic) bond motifs is 1. The van der Waals surface area contributed by atoms with Crippen LogP contribution in [0.3, 0.4) is 0 Å². The second-order valence-corrected chi connectivity index (χ2v) is 5.88. The smallest absolute Gasteiger partial charge is 0.263 e.